The summed E-state index contributed by atoms with van der Waals surface area (Å²) in [4.78, 5) is 14.9. The fourth-order valence-corrected chi connectivity index (χ4v) is 2.77. The van der Waals surface area contributed by atoms with Crippen LogP contribution in [0.15, 0.2) is 18.3 Å². The van der Waals surface area contributed by atoms with Crippen LogP contribution in [0.5, 0.6) is 0 Å². The molecule has 1 aromatic rings. The molecule has 0 saturated heterocycles. The van der Waals surface area contributed by atoms with Crippen molar-refractivity contribution in [3.05, 3.63) is 24.0 Å². The Morgan fingerprint density at radius 1 is 1.39 bits per heavy atom. The zero-order chi connectivity index (χ0) is 13.6. The molecule has 4 heteroatoms. The van der Waals surface area contributed by atoms with E-state index < -0.39 is 5.97 Å². The number of rotatable bonds is 4. The van der Waals surface area contributed by atoms with E-state index in [1.807, 2.05) is 0 Å². The van der Waals surface area contributed by atoms with Crippen molar-refractivity contribution in [3.8, 4) is 0 Å². The number of pyridine rings is 1. The van der Waals surface area contributed by atoms with Crippen molar-refractivity contribution in [1.82, 2.24) is 4.98 Å². The quantitative estimate of drug-likeness (QED) is 0.860. The lowest BCUT2D eigenvalue weighted by molar-refractivity contribution is 0.0691. The predicted molar refractivity (Wildman–Crippen MR) is 70.7 cm³/mol. The average molecular weight is 248 g/mol. The summed E-state index contributed by atoms with van der Waals surface area (Å²) in [7, 11) is 0. The Hall–Kier alpha value is -1.58. The maximum Gasteiger partial charge on any atom is 0.356 e. The second kappa shape index (κ2) is 3.97. The normalized spacial score (nSPS) is 20.4. The first-order valence-electron chi connectivity index (χ1n) is 6.20. The van der Waals surface area contributed by atoms with Gasteiger partial charge in [-0.1, -0.05) is 27.7 Å². The van der Waals surface area contributed by atoms with Crippen LogP contribution in [-0.2, 0) is 0 Å². The van der Waals surface area contributed by atoms with E-state index in [-0.39, 0.29) is 5.69 Å². The molecule has 0 unspecified atom stereocenters. The topological polar surface area (TPSA) is 62.2 Å². The van der Waals surface area contributed by atoms with Gasteiger partial charge in [-0.25, -0.2) is 9.78 Å². The molecular weight excluding hydrogens is 228 g/mol. The molecule has 1 aliphatic carbocycles. The van der Waals surface area contributed by atoms with Gasteiger partial charge < -0.3 is 10.4 Å². The Morgan fingerprint density at radius 3 is 2.50 bits per heavy atom. The van der Waals surface area contributed by atoms with E-state index in [0.29, 0.717) is 22.4 Å². The van der Waals surface area contributed by atoms with E-state index in [4.69, 9.17) is 5.11 Å². The zero-order valence-electron chi connectivity index (χ0n) is 11.3. The first-order valence-corrected chi connectivity index (χ1v) is 6.20. The summed E-state index contributed by atoms with van der Waals surface area (Å²) in [5.74, 6) is -0.445. The van der Waals surface area contributed by atoms with Gasteiger partial charge in [0.1, 0.15) is 0 Å². The monoisotopic (exact) mass is 248 g/mol. The van der Waals surface area contributed by atoms with Gasteiger partial charge in [0.2, 0.25) is 0 Å². The average Bonchev–Trinajstić information content (AvgIpc) is 2.67. The molecule has 0 aromatic carbocycles. The van der Waals surface area contributed by atoms with Gasteiger partial charge in [0, 0.05) is 12.7 Å². The second-order valence-corrected chi connectivity index (χ2v) is 6.08. The molecule has 2 N–H and O–H groups in total. The standard InChI is InChI=1S/C14H20N2O2/c1-13(2)10(14(13,3)4)8-16-9-6-5-7-15-11(9)12(17)18/h5-7,10,16H,8H2,1-4H3,(H,17,18). The number of hydrogen-bond donors (Lipinski definition) is 2. The highest BCUT2D eigenvalue weighted by molar-refractivity contribution is 5.91. The van der Waals surface area contributed by atoms with Gasteiger partial charge in [0.15, 0.2) is 5.69 Å². The van der Waals surface area contributed by atoms with Crippen molar-refractivity contribution in [1.29, 1.82) is 0 Å². The molecule has 98 valence electrons. The molecule has 1 fully saturated rings. The van der Waals surface area contributed by atoms with Crippen LogP contribution in [0.2, 0.25) is 0 Å². The van der Waals surface area contributed by atoms with Crippen LogP contribution < -0.4 is 5.32 Å². The van der Waals surface area contributed by atoms with Crippen molar-refractivity contribution in [2.45, 2.75) is 27.7 Å². The van der Waals surface area contributed by atoms with Crippen molar-refractivity contribution in [2.75, 3.05) is 11.9 Å². The lowest BCUT2D eigenvalue weighted by Crippen LogP contribution is -2.12. The summed E-state index contributed by atoms with van der Waals surface area (Å²) in [6.07, 6.45) is 1.50. The summed E-state index contributed by atoms with van der Waals surface area (Å²) >= 11 is 0. The molecule has 18 heavy (non-hydrogen) atoms. The van der Waals surface area contributed by atoms with Crippen molar-refractivity contribution in [2.24, 2.45) is 16.7 Å². The van der Waals surface area contributed by atoms with Crippen LogP contribution in [0.3, 0.4) is 0 Å². The van der Waals surface area contributed by atoms with Crippen LogP contribution in [-0.4, -0.2) is 22.6 Å². The van der Waals surface area contributed by atoms with Gasteiger partial charge in [-0.05, 0) is 28.9 Å². The minimum absolute atomic E-state index is 0.0914. The predicted octanol–water partition coefficient (Wildman–Crippen LogP) is 2.87. The number of aromatic carboxylic acids is 1. The third kappa shape index (κ3) is 1.85. The number of nitrogens with one attached hydrogen (secondary N) is 1. The summed E-state index contributed by atoms with van der Waals surface area (Å²) in [6.45, 7) is 9.79. The molecule has 0 bridgehead atoms. The number of aromatic nitrogens is 1. The van der Waals surface area contributed by atoms with Crippen LogP contribution >= 0.6 is 0 Å². The molecule has 0 atom stereocenters. The van der Waals surface area contributed by atoms with Gasteiger partial charge in [-0.15, -0.1) is 0 Å². The molecule has 2 rings (SSSR count). The number of hydrogen-bond acceptors (Lipinski definition) is 3. The molecule has 1 aliphatic rings. The largest absolute Gasteiger partial charge is 0.476 e. The lowest BCUT2D eigenvalue weighted by atomic mass is 10.0. The Bertz CT molecular complexity index is 466. The molecule has 1 aromatic heterocycles. The minimum atomic E-state index is -0.993. The smallest absolute Gasteiger partial charge is 0.356 e. The molecule has 4 nitrogen and oxygen atoms in total. The molecule has 0 aliphatic heterocycles. The molecule has 0 amide bonds. The highest BCUT2D eigenvalue weighted by atomic mass is 16.4. The Labute approximate surface area is 107 Å². The second-order valence-electron chi connectivity index (χ2n) is 6.08. The molecular formula is C14H20N2O2. The first kappa shape index (κ1) is 12.9. The van der Waals surface area contributed by atoms with Crippen LogP contribution in [0.1, 0.15) is 38.2 Å². The number of carbonyl (C=O) groups is 1. The van der Waals surface area contributed by atoms with E-state index in [1.54, 1.807) is 12.1 Å². The van der Waals surface area contributed by atoms with E-state index in [9.17, 15) is 4.79 Å². The van der Waals surface area contributed by atoms with Gasteiger partial charge >= 0.3 is 5.97 Å². The zero-order valence-corrected chi connectivity index (χ0v) is 11.3. The molecule has 0 spiro atoms. The maximum absolute atomic E-state index is 11.0. The maximum atomic E-state index is 11.0. The number of carboxylic acids is 1. The number of nitrogens with zero attached hydrogens (tertiary/aromatic N) is 1. The van der Waals surface area contributed by atoms with Gasteiger partial charge in [0.25, 0.3) is 0 Å². The summed E-state index contributed by atoms with van der Waals surface area (Å²) < 4.78 is 0. The third-order valence-corrected chi connectivity index (χ3v) is 4.83. The molecule has 1 saturated carbocycles. The Balaban J connectivity index is 2.07. The third-order valence-electron chi connectivity index (χ3n) is 4.83. The Morgan fingerprint density at radius 2 is 2.00 bits per heavy atom. The number of carboxylic acid groups (broad SMARTS) is 1. The molecule has 0 radical (unpaired) electrons. The molecule has 1 heterocycles. The van der Waals surface area contributed by atoms with Crippen molar-refractivity contribution >= 4 is 11.7 Å². The number of anilines is 1. The summed E-state index contributed by atoms with van der Waals surface area (Å²) in [5.41, 5.74) is 1.29. The fourth-order valence-electron chi connectivity index (χ4n) is 2.77. The van der Waals surface area contributed by atoms with E-state index in [0.717, 1.165) is 6.54 Å². The van der Waals surface area contributed by atoms with E-state index in [1.165, 1.54) is 6.20 Å². The SMILES string of the molecule is CC1(C)C(CNc2cccnc2C(=O)O)C1(C)C. The highest BCUT2D eigenvalue weighted by Crippen LogP contribution is 2.68. The lowest BCUT2D eigenvalue weighted by Gasteiger charge is -2.09. The van der Waals surface area contributed by atoms with Crippen LogP contribution in [0.25, 0.3) is 0 Å². The summed E-state index contributed by atoms with van der Waals surface area (Å²) in [5, 5.41) is 12.3. The highest BCUT2D eigenvalue weighted by Gasteiger charge is 2.64. The van der Waals surface area contributed by atoms with Crippen molar-refractivity contribution in [3.63, 3.8) is 0 Å². The first-order chi connectivity index (χ1) is 8.28. The van der Waals surface area contributed by atoms with Crippen LogP contribution in [0, 0.1) is 16.7 Å². The van der Waals surface area contributed by atoms with E-state index >= 15 is 0 Å². The van der Waals surface area contributed by atoms with E-state index in [2.05, 4.69) is 38.0 Å². The van der Waals surface area contributed by atoms with Gasteiger partial charge in [-0.3, -0.25) is 0 Å². The summed E-state index contributed by atoms with van der Waals surface area (Å²) in [6, 6.07) is 3.51. The van der Waals surface area contributed by atoms with Crippen molar-refractivity contribution < 1.29 is 9.90 Å². The Kier molecular flexibility index (Phi) is 2.84. The minimum Gasteiger partial charge on any atom is -0.476 e. The van der Waals surface area contributed by atoms with Gasteiger partial charge in [-0.2, -0.15) is 0 Å². The van der Waals surface area contributed by atoms with Gasteiger partial charge in [0.05, 0.1) is 5.69 Å². The fraction of sp³-hybridized carbons (Fsp3) is 0.571. The van der Waals surface area contributed by atoms with Crippen LogP contribution in [0.4, 0.5) is 5.69 Å².